The number of ether oxygens (including phenoxy) is 1. The third-order valence-corrected chi connectivity index (χ3v) is 3.68. The van der Waals surface area contributed by atoms with Gasteiger partial charge in [-0.05, 0) is 18.4 Å². The van der Waals surface area contributed by atoms with Crippen molar-refractivity contribution in [3.63, 3.8) is 0 Å². The fourth-order valence-corrected chi connectivity index (χ4v) is 2.61. The predicted molar refractivity (Wildman–Crippen MR) is 73.3 cm³/mol. The first-order valence-corrected chi connectivity index (χ1v) is 6.80. The lowest BCUT2D eigenvalue weighted by molar-refractivity contribution is 0.367. The van der Waals surface area contributed by atoms with Crippen molar-refractivity contribution >= 4 is 0 Å². The molecule has 0 amide bonds. The molecule has 1 atom stereocenters. The Labute approximate surface area is 113 Å². The summed E-state index contributed by atoms with van der Waals surface area (Å²) in [6.45, 7) is 3.26. The van der Waals surface area contributed by atoms with Crippen molar-refractivity contribution in [3.05, 3.63) is 41.5 Å². The molecule has 3 rings (SSSR count). The molecule has 100 valence electrons. The van der Waals surface area contributed by atoms with Gasteiger partial charge < -0.3 is 4.74 Å². The summed E-state index contributed by atoms with van der Waals surface area (Å²) in [7, 11) is 1.70. The van der Waals surface area contributed by atoms with Crippen molar-refractivity contribution in [2.75, 3.05) is 7.11 Å². The van der Waals surface area contributed by atoms with Gasteiger partial charge in [-0.1, -0.05) is 25.1 Å². The van der Waals surface area contributed by atoms with Gasteiger partial charge in [0, 0.05) is 24.9 Å². The summed E-state index contributed by atoms with van der Waals surface area (Å²) >= 11 is 0. The fourth-order valence-electron chi connectivity index (χ4n) is 2.61. The molecule has 0 saturated heterocycles. The van der Waals surface area contributed by atoms with Gasteiger partial charge in [0.1, 0.15) is 11.6 Å². The number of hydrogen-bond donors (Lipinski definition) is 0. The first kappa shape index (κ1) is 12.2. The third kappa shape index (κ3) is 2.48. The largest absolute Gasteiger partial charge is 0.496 e. The summed E-state index contributed by atoms with van der Waals surface area (Å²) in [4.78, 5) is 4.65. The molecule has 0 N–H and O–H groups in total. The Balaban J connectivity index is 1.84. The molecule has 1 aliphatic heterocycles. The second kappa shape index (κ2) is 5.03. The summed E-state index contributed by atoms with van der Waals surface area (Å²) in [5.74, 6) is 3.63. The molecule has 4 nitrogen and oxygen atoms in total. The highest BCUT2D eigenvalue weighted by Crippen LogP contribution is 2.22. The van der Waals surface area contributed by atoms with Crippen molar-refractivity contribution in [3.8, 4) is 5.75 Å². The highest BCUT2D eigenvalue weighted by Gasteiger charge is 2.19. The van der Waals surface area contributed by atoms with Gasteiger partial charge in [0.2, 0.25) is 0 Å². The number of fused-ring (bicyclic) bond motifs is 1. The lowest BCUT2D eigenvalue weighted by Crippen LogP contribution is -2.18. The monoisotopic (exact) mass is 257 g/mol. The van der Waals surface area contributed by atoms with Crippen LogP contribution in [0.1, 0.15) is 30.6 Å². The van der Waals surface area contributed by atoms with Crippen LogP contribution in [0, 0.1) is 5.92 Å². The lowest BCUT2D eigenvalue weighted by Gasteiger charge is -2.17. The van der Waals surface area contributed by atoms with E-state index in [-0.39, 0.29) is 0 Å². The van der Waals surface area contributed by atoms with Crippen LogP contribution >= 0.6 is 0 Å². The number of hydrogen-bond acceptors (Lipinski definition) is 3. The first-order chi connectivity index (χ1) is 9.26. The number of rotatable bonds is 3. The quantitative estimate of drug-likeness (QED) is 0.848. The number of para-hydroxylation sites is 1. The standard InChI is InChI=1S/C15H19N3O/c1-11-7-8-15-16-14(17-18(15)10-11)9-12-5-3-4-6-13(12)19-2/h3-6,11H,7-10H2,1-2H3. The van der Waals surface area contributed by atoms with Crippen LogP contribution in [0.15, 0.2) is 24.3 Å². The minimum absolute atomic E-state index is 0.702. The maximum Gasteiger partial charge on any atom is 0.155 e. The van der Waals surface area contributed by atoms with Crippen LogP contribution in [0.25, 0.3) is 0 Å². The van der Waals surface area contributed by atoms with Crippen molar-refractivity contribution in [1.82, 2.24) is 14.8 Å². The molecule has 1 aromatic heterocycles. The Kier molecular flexibility index (Phi) is 3.23. The highest BCUT2D eigenvalue weighted by atomic mass is 16.5. The minimum Gasteiger partial charge on any atom is -0.496 e. The van der Waals surface area contributed by atoms with Crippen LogP contribution in [0.2, 0.25) is 0 Å². The van der Waals surface area contributed by atoms with E-state index < -0.39 is 0 Å². The van der Waals surface area contributed by atoms with Crippen LogP contribution < -0.4 is 4.74 Å². The lowest BCUT2D eigenvalue weighted by atomic mass is 10.0. The van der Waals surface area contributed by atoms with E-state index in [1.54, 1.807) is 7.11 Å². The molecule has 0 bridgehead atoms. The summed E-state index contributed by atoms with van der Waals surface area (Å²) in [6.07, 6.45) is 2.99. The SMILES string of the molecule is COc1ccccc1Cc1nc2n(n1)CC(C)CC2. The topological polar surface area (TPSA) is 39.9 Å². The molecule has 2 heterocycles. The average molecular weight is 257 g/mol. The summed E-state index contributed by atoms with van der Waals surface area (Å²) in [5.41, 5.74) is 1.14. The molecule has 0 radical (unpaired) electrons. The zero-order valence-electron chi connectivity index (χ0n) is 11.5. The van der Waals surface area contributed by atoms with Gasteiger partial charge in [0.25, 0.3) is 0 Å². The molecule has 1 aromatic carbocycles. The molecule has 0 spiro atoms. The van der Waals surface area contributed by atoms with E-state index in [2.05, 4.69) is 27.8 Å². The van der Waals surface area contributed by atoms with Crippen LogP contribution in [-0.2, 0) is 19.4 Å². The van der Waals surface area contributed by atoms with Crippen molar-refractivity contribution in [2.45, 2.75) is 32.7 Å². The molecule has 1 unspecified atom stereocenters. The second-order valence-corrected chi connectivity index (χ2v) is 5.26. The summed E-state index contributed by atoms with van der Waals surface area (Å²) in [6, 6.07) is 8.06. The molecular formula is C15H19N3O. The van der Waals surface area contributed by atoms with Gasteiger partial charge in [-0.2, -0.15) is 5.10 Å². The maximum absolute atomic E-state index is 5.37. The van der Waals surface area contributed by atoms with Crippen molar-refractivity contribution < 1.29 is 4.74 Å². The summed E-state index contributed by atoms with van der Waals surface area (Å²) < 4.78 is 7.44. The van der Waals surface area contributed by atoms with E-state index in [1.165, 1.54) is 6.42 Å². The Hall–Kier alpha value is -1.84. The van der Waals surface area contributed by atoms with Crippen LogP contribution in [0.4, 0.5) is 0 Å². The number of methoxy groups -OCH3 is 1. The number of benzene rings is 1. The molecular weight excluding hydrogens is 238 g/mol. The third-order valence-electron chi connectivity index (χ3n) is 3.68. The van der Waals surface area contributed by atoms with E-state index in [0.717, 1.165) is 42.3 Å². The van der Waals surface area contributed by atoms with Crippen LogP contribution in [0.3, 0.4) is 0 Å². The van der Waals surface area contributed by atoms with E-state index in [9.17, 15) is 0 Å². The molecule has 0 aliphatic carbocycles. The van der Waals surface area contributed by atoms with Gasteiger partial charge >= 0.3 is 0 Å². The maximum atomic E-state index is 5.37. The van der Waals surface area contributed by atoms with Gasteiger partial charge in [0.05, 0.1) is 7.11 Å². The second-order valence-electron chi connectivity index (χ2n) is 5.26. The normalized spacial score (nSPS) is 18.1. The number of nitrogens with zero attached hydrogens (tertiary/aromatic N) is 3. The highest BCUT2D eigenvalue weighted by molar-refractivity contribution is 5.35. The van der Waals surface area contributed by atoms with Crippen molar-refractivity contribution in [2.24, 2.45) is 5.92 Å². The Morgan fingerprint density at radius 2 is 2.21 bits per heavy atom. The number of aryl methyl sites for hydroxylation is 1. The van der Waals surface area contributed by atoms with E-state index in [1.807, 2.05) is 18.2 Å². The molecule has 0 saturated carbocycles. The fraction of sp³-hybridized carbons (Fsp3) is 0.467. The average Bonchev–Trinajstić information content (AvgIpc) is 2.80. The predicted octanol–water partition coefficient (Wildman–Crippen LogP) is 2.46. The van der Waals surface area contributed by atoms with Crippen LogP contribution in [-0.4, -0.2) is 21.9 Å². The summed E-state index contributed by atoms with van der Waals surface area (Å²) in [5, 5.41) is 4.62. The molecule has 1 aliphatic rings. The van der Waals surface area contributed by atoms with Crippen LogP contribution in [0.5, 0.6) is 5.75 Å². The van der Waals surface area contributed by atoms with E-state index in [4.69, 9.17) is 4.74 Å². The zero-order valence-corrected chi connectivity index (χ0v) is 11.5. The number of aromatic nitrogens is 3. The Morgan fingerprint density at radius 1 is 1.37 bits per heavy atom. The van der Waals surface area contributed by atoms with Gasteiger partial charge in [-0.3, -0.25) is 0 Å². The Bertz CT molecular complexity index is 577. The van der Waals surface area contributed by atoms with E-state index >= 15 is 0 Å². The van der Waals surface area contributed by atoms with E-state index in [0.29, 0.717) is 5.92 Å². The molecule has 19 heavy (non-hydrogen) atoms. The molecule has 4 heteroatoms. The van der Waals surface area contributed by atoms with Gasteiger partial charge in [-0.15, -0.1) is 0 Å². The first-order valence-electron chi connectivity index (χ1n) is 6.80. The van der Waals surface area contributed by atoms with Crippen molar-refractivity contribution in [1.29, 1.82) is 0 Å². The molecule has 0 fully saturated rings. The Morgan fingerprint density at radius 3 is 3.05 bits per heavy atom. The molecule has 2 aromatic rings. The van der Waals surface area contributed by atoms with Gasteiger partial charge in [-0.25, -0.2) is 9.67 Å². The van der Waals surface area contributed by atoms with Gasteiger partial charge in [0.15, 0.2) is 5.82 Å². The zero-order chi connectivity index (χ0) is 13.2. The minimum atomic E-state index is 0.702. The smallest absolute Gasteiger partial charge is 0.155 e.